The topological polar surface area (TPSA) is 80.8 Å². The first-order valence-corrected chi connectivity index (χ1v) is 6.19. The zero-order valence-electron chi connectivity index (χ0n) is 10.6. The van der Waals surface area contributed by atoms with Crippen LogP contribution in [0.15, 0.2) is 12.1 Å². The summed E-state index contributed by atoms with van der Waals surface area (Å²) in [7, 11) is 0. The third-order valence-corrected chi connectivity index (χ3v) is 2.60. The molecule has 0 aromatic carbocycles. The third kappa shape index (κ3) is 4.24. The van der Waals surface area contributed by atoms with Gasteiger partial charge in [0.25, 0.3) is 5.91 Å². The van der Waals surface area contributed by atoms with E-state index >= 15 is 0 Å². The Bertz CT molecular complexity index is 529. The molecule has 0 radical (unpaired) electrons. The van der Waals surface area contributed by atoms with E-state index in [1.54, 1.807) is 6.07 Å². The molecule has 19 heavy (non-hydrogen) atoms. The second-order valence-electron chi connectivity index (χ2n) is 3.90. The van der Waals surface area contributed by atoms with Gasteiger partial charge in [-0.2, -0.15) is 10.5 Å². The molecule has 0 saturated carbocycles. The van der Waals surface area contributed by atoms with Gasteiger partial charge in [-0.05, 0) is 18.6 Å². The largest absolute Gasteiger partial charge is 0.312 e. The summed E-state index contributed by atoms with van der Waals surface area (Å²) < 4.78 is 0. The lowest BCUT2D eigenvalue weighted by Gasteiger charge is -2.16. The van der Waals surface area contributed by atoms with Crippen LogP contribution in [0.25, 0.3) is 0 Å². The number of nitrogens with zero attached hydrogens (tertiary/aromatic N) is 4. The van der Waals surface area contributed by atoms with Crippen LogP contribution in [0.1, 0.15) is 29.4 Å². The normalized spacial score (nSPS) is 9.47. The maximum Gasteiger partial charge on any atom is 0.255 e. The molecule has 0 bridgehead atoms. The molecule has 1 heterocycles. The van der Waals surface area contributed by atoms with Crippen molar-refractivity contribution in [3.8, 4) is 12.1 Å². The minimum atomic E-state index is -0.384. The van der Waals surface area contributed by atoms with Crippen LogP contribution in [0.4, 0.5) is 0 Å². The second-order valence-corrected chi connectivity index (χ2v) is 4.28. The Morgan fingerprint density at radius 2 is 2.00 bits per heavy atom. The van der Waals surface area contributed by atoms with Crippen LogP contribution in [0.5, 0.6) is 0 Å². The smallest absolute Gasteiger partial charge is 0.255 e. The number of nitriles is 2. The zero-order valence-corrected chi connectivity index (χ0v) is 11.3. The Balaban J connectivity index is 3.04. The monoisotopic (exact) mass is 276 g/mol. The fraction of sp³-hybridized carbons (Fsp3) is 0.385. The fourth-order valence-electron chi connectivity index (χ4n) is 1.61. The summed E-state index contributed by atoms with van der Waals surface area (Å²) in [6.45, 7) is 1.74. The van der Waals surface area contributed by atoms with Crippen LogP contribution in [-0.2, 0) is 6.42 Å². The lowest BCUT2D eigenvalue weighted by Crippen LogP contribution is -2.31. The Kier molecular flexibility index (Phi) is 5.78. The van der Waals surface area contributed by atoms with Crippen LogP contribution in [0, 0.1) is 22.7 Å². The van der Waals surface area contributed by atoms with E-state index in [9.17, 15) is 4.79 Å². The molecule has 0 aliphatic rings. The molecule has 0 unspecified atom stereocenters. The van der Waals surface area contributed by atoms with Crippen molar-refractivity contribution in [3.63, 3.8) is 0 Å². The van der Waals surface area contributed by atoms with Gasteiger partial charge in [-0.15, -0.1) is 0 Å². The van der Waals surface area contributed by atoms with Gasteiger partial charge in [0.15, 0.2) is 0 Å². The minimum absolute atomic E-state index is 0.130. The van der Waals surface area contributed by atoms with Gasteiger partial charge in [-0.3, -0.25) is 4.79 Å². The lowest BCUT2D eigenvalue weighted by atomic mass is 10.1. The summed E-state index contributed by atoms with van der Waals surface area (Å²) in [5.74, 6) is -0.384. The highest BCUT2D eigenvalue weighted by Crippen LogP contribution is 2.14. The number of amides is 1. The van der Waals surface area contributed by atoms with Gasteiger partial charge in [0, 0.05) is 11.3 Å². The quantitative estimate of drug-likeness (QED) is 0.610. The van der Waals surface area contributed by atoms with Crippen molar-refractivity contribution in [1.29, 1.82) is 10.5 Å². The predicted molar refractivity (Wildman–Crippen MR) is 70.4 cm³/mol. The molecule has 0 aliphatic carbocycles. The number of halogens is 1. The van der Waals surface area contributed by atoms with Crippen molar-refractivity contribution in [2.75, 3.05) is 13.1 Å². The van der Waals surface area contributed by atoms with Gasteiger partial charge >= 0.3 is 0 Å². The van der Waals surface area contributed by atoms with Gasteiger partial charge in [0.2, 0.25) is 0 Å². The summed E-state index contributed by atoms with van der Waals surface area (Å²) in [6.07, 6.45) is 1.61. The number of carbonyl (C=O) groups is 1. The minimum Gasteiger partial charge on any atom is -0.312 e. The molecule has 0 spiro atoms. The number of carbonyl (C=O) groups excluding carboxylic acids is 1. The van der Waals surface area contributed by atoms with Crippen LogP contribution in [-0.4, -0.2) is 28.9 Å². The molecule has 6 heteroatoms. The third-order valence-electron chi connectivity index (χ3n) is 2.41. The summed E-state index contributed by atoms with van der Waals surface area (Å²) >= 11 is 5.88. The molecule has 0 N–H and O–H groups in total. The molecule has 98 valence electrons. The van der Waals surface area contributed by atoms with Crippen molar-refractivity contribution in [1.82, 2.24) is 9.88 Å². The van der Waals surface area contributed by atoms with Gasteiger partial charge in [-0.1, -0.05) is 24.9 Å². The van der Waals surface area contributed by atoms with Crippen LogP contribution in [0.3, 0.4) is 0 Å². The Labute approximate surface area is 117 Å². The lowest BCUT2D eigenvalue weighted by molar-refractivity contribution is 0.0794. The van der Waals surface area contributed by atoms with E-state index in [0.717, 1.165) is 18.5 Å². The molecule has 5 nitrogen and oxygen atoms in total. The van der Waals surface area contributed by atoms with Crippen molar-refractivity contribution in [3.05, 3.63) is 28.5 Å². The predicted octanol–water partition coefficient (Wildman–Crippen LogP) is 2.18. The number of aryl methyl sites for hydroxylation is 1. The first kappa shape index (κ1) is 14.9. The zero-order chi connectivity index (χ0) is 14.3. The van der Waals surface area contributed by atoms with Crippen molar-refractivity contribution >= 4 is 17.5 Å². The number of hydrogen-bond acceptors (Lipinski definition) is 4. The van der Waals surface area contributed by atoms with E-state index in [0.29, 0.717) is 5.56 Å². The van der Waals surface area contributed by atoms with Crippen molar-refractivity contribution in [2.45, 2.75) is 19.8 Å². The van der Waals surface area contributed by atoms with Gasteiger partial charge in [0.1, 0.15) is 18.2 Å². The number of aromatic nitrogens is 1. The molecular weight excluding hydrogens is 264 g/mol. The van der Waals surface area contributed by atoms with E-state index in [4.69, 9.17) is 22.1 Å². The molecule has 1 aromatic rings. The van der Waals surface area contributed by atoms with Gasteiger partial charge in [0.05, 0.1) is 12.1 Å². The number of rotatable bonds is 5. The molecular formula is C13H13ClN4O. The summed E-state index contributed by atoms with van der Waals surface area (Å²) in [5, 5.41) is 17.6. The SMILES string of the molecule is CCCc1cc(C(=O)N(CC#N)CC#N)cc(Cl)n1. The molecule has 1 aromatic heterocycles. The average Bonchev–Trinajstić information content (AvgIpc) is 2.37. The Hall–Kier alpha value is -2.11. The maximum atomic E-state index is 12.2. The van der Waals surface area contributed by atoms with Crippen molar-refractivity contribution < 1.29 is 4.79 Å². The molecule has 0 fully saturated rings. The highest BCUT2D eigenvalue weighted by atomic mass is 35.5. The van der Waals surface area contributed by atoms with E-state index < -0.39 is 0 Å². The Morgan fingerprint density at radius 3 is 2.53 bits per heavy atom. The summed E-state index contributed by atoms with van der Waals surface area (Å²) in [6, 6.07) is 6.83. The van der Waals surface area contributed by atoms with E-state index in [-0.39, 0.29) is 24.1 Å². The fourth-order valence-corrected chi connectivity index (χ4v) is 1.84. The highest BCUT2D eigenvalue weighted by molar-refractivity contribution is 6.29. The molecule has 0 aliphatic heterocycles. The van der Waals surface area contributed by atoms with Gasteiger partial charge in [-0.25, -0.2) is 4.98 Å². The van der Waals surface area contributed by atoms with Crippen LogP contribution >= 0.6 is 11.6 Å². The number of pyridine rings is 1. The standard InChI is InChI=1S/C13H13ClN4O/c1-2-3-11-8-10(9-12(14)17-11)13(19)18(6-4-15)7-5-16/h8-9H,2-3,6-7H2,1H3. The Morgan fingerprint density at radius 1 is 1.37 bits per heavy atom. The first-order valence-electron chi connectivity index (χ1n) is 5.82. The number of hydrogen-bond donors (Lipinski definition) is 0. The molecule has 1 amide bonds. The van der Waals surface area contributed by atoms with E-state index in [1.165, 1.54) is 11.0 Å². The second kappa shape index (κ2) is 7.35. The first-order chi connectivity index (χ1) is 9.12. The molecule has 1 rings (SSSR count). The average molecular weight is 277 g/mol. The van der Waals surface area contributed by atoms with Crippen molar-refractivity contribution in [2.24, 2.45) is 0 Å². The van der Waals surface area contributed by atoms with Crippen LogP contribution < -0.4 is 0 Å². The van der Waals surface area contributed by atoms with Gasteiger partial charge < -0.3 is 4.90 Å². The highest BCUT2D eigenvalue weighted by Gasteiger charge is 2.16. The summed E-state index contributed by atoms with van der Waals surface area (Å²) in [5.41, 5.74) is 1.08. The van der Waals surface area contributed by atoms with E-state index in [1.807, 2.05) is 19.1 Å². The molecule has 0 atom stereocenters. The van der Waals surface area contributed by atoms with E-state index in [2.05, 4.69) is 4.98 Å². The summed E-state index contributed by atoms with van der Waals surface area (Å²) in [4.78, 5) is 17.5. The van der Waals surface area contributed by atoms with Crippen LogP contribution in [0.2, 0.25) is 5.15 Å². The molecule has 0 saturated heterocycles. The maximum absolute atomic E-state index is 12.2.